The van der Waals surface area contributed by atoms with Gasteiger partial charge in [-0.15, -0.1) is 0 Å². The van der Waals surface area contributed by atoms with Gasteiger partial charge in [0.1, 0.15) is 11.6 Å². The van der Waals surface area contributed by atoms with Gasteiger partial charge in [0.25, 0.3) is 0 Å². The van der Waals surface area contributed by atoms with Crippen LogP contribution in [0.3, 0.4) is 0 Å². The van der Waals surface area contributed by atoms with E-state index in [1.165, 1.54) is 6.42 Å². The third-order valence-corrected chi connectivity index (χ3v) is 5.79. The van der Waals surface area contributed by atoms with E-state index in [1.54, 1.807) is 29.2 Å². The first-order valence-electron chi connectivity index (χ1n) is 9.49. The molecule has 3 aromatic rings. The molecule has 3 heterocycles. The highest BCUT2D eigenvalue weighted by Gasteiger charge is 2.25. The number of pyridine rings is 1. The van der Waals surface area contributed by atoms with Crippen LogP contribution in [0, 0.1) is 5.92 Å². The molecule has 0 aliphatic heterocycles. The molecule has 0 radical (unpaired) electrons. The molecule has 28 heavy (non-hydrogen) atoms. The molecule has 1 saturated carbocycles. The average Bonchev–Trinajstić information content (AvgIpc) is 3.08. The van der Waals surface area contributed by atoms with Crippen molar-refractivity contribution in [3.05, 3.63) is 46.8 Å². The van der Waals surface area contributed by atoms with E-state index in [4.69, 9.17) is 4.98 Å². The van der Waals surface area contributed by atoms with Gasteiger partial charge in [0, 0.05) is 47.5 Å². The Hall–Kier alpha value is -2.39. The van der Waals surface area contributed by atoms with Crippen LogP contribution in [0.15, 0.2) is 41.3 Å². The van der Waals surface area contributed by atoms with E-state index in [9.17, 15) is 10.3 Å². The van der Waals surface area contributed by atoms with Crippen molar-refractivity contribution in [3.63, 3.8) is 0 Å². The number of fused-ring (bicyclic) bond motifs is 1. The van der Waals surface area contributed by atoms with E-state index in [1.807, 2.05) is 12.1 Å². The SMILES string of the molecule is OC[C@@H]1CCCC[C@@H]1Nc1cc(NCc2ccc[n+](O)c2)n2ncc(Br)c2n1. The second kappa shape index (κ2) is 8.32. The quantitative estimate of drug-likeness (QED) is 0.342. The smallest absolute Gasteiger partial charge is 0.227 e. The third kappa shape index (κ3) is 4.05. The number of halogens is 1. The minimum absolute atomic E-state index is 0.191. The van der Waals surface area contributed by atoms with Crippen molar-refractivity contribution in [3.8, 4) is 0 Å². The molecule has 1 fully saturated rings. The lowest BCUT2D eigenvalue weighted by molar-refractivity contribution is -0.905. The second-order valence-corrected chi connectivity index (χ2v) is 8.03. The fraction of sp³-hybridized carbons (Fsp3) is 0.421. The largest absolute Gasteiger partial charge is 0.396 e. The van der Waals surface area contributed by atoms with Crippen LogP contribution in [0.5, 0.6) is 0 Å². The zero-order chi connectivity index (χ0) is 19.5. The number of aliphatic hydroxyl groups excluding tert-OH is 1. The first-order valence-corrected chi connectivity index (χ1v) is 10.3. The van der Waals surface area contributed by atoms with Gasteiger partial charge >= 0.3 is 0 Å². The van der Waals surface area contributed by atoms with Gasteiger partial charge in [0.05, 0.1) is 10.7 Å². The number of nitrogens with one attached hydrogen (secondary N) is 2. The Balaban J connectivity index is 1.60. The van der Waals surface area contributed by atoms with Crippen LogP contribution in [0.1, 0.15) is 31.2 Å². The molecule has 1 aliphatic carbocycles. The van der Waals surface area contributed by atoms with Gasteiger partial charge in [-0.25, -0.2) is 4.98 Å². The molecular formula is C19H24BrN6O2+. The molecule has 2 atom stereocenters. The van der Waals surface area contributed by atoms with Gasteiger partial charge in [-0.1, -0.05) is 12.8 Å². The Morgan fingerprint density at radius 2 is 2.18 bits per heavy atom. The van der Waals surface area contributed by atoms with Crippen LogP contribution < -0.4 is 15.4 Å². The van der Waals surface area contributed by atoms with Crippen molar-refractivity contribution >= 4 is 33.2 Å². The summed E-state index contributed by atoms with van der Waals surface area (Å²) in [5.41, 5.74) is 1.65. The molecule has 0 aromatic carbocycles. The van der Waals surface area contributed by atoms with Crippen molar-refractivity contribution in [1.82, 2.24) is 14.6 Å². The average molecular weight is 448 g/mol. The minimum Gasteiger partial charge on any atom is -0.396 e. The summed E-state index contributed by atoms with van der Waals surface area (Å²) < 4.78 is 3.60. The summed E-state index contributed by atoms with van der Waals surface area (Å²) in [5, 5.41) is 30.6. The highest BCUT2D eigenvalue weighted by atomic mass is 79.9. The van der Waals surface area contributed by atoms with E-state index in [2.05, 4.69) is 31.7 Å². The maximum Gasteiger partial charge on any atom is 0.227 e. The molecule has 0 amide bonds. The molecule has 0 spiro atoms. The maximum absolute atomic E-state index is 9.69. The van der Waals surface area contributed by atoms with Crippen LogP contribution in [-0.2, 0) is 6.54 Å². The first kappa shape index (κ1) is 18.9. The Bertz CT molecular complexity index is 963. The molecule has 148 valence electrons. The molecule has 4 N–H and O–H groups in total. The Morgan fingerprint density at radius 3 is 3.00 bits per heavy atom. The number of aromatic nitrogens is 4. The monoisotopic (exact) mass is 447 g/mol. The van der Waals surface area contributed by atoms with Crippen LogP contribution in [0.2, 0.25) is 0 Å². The van der Waals surface area contributed by atoms with Crippen molar-refractivity contribution in [2.45, 2.75) is 38.3 Å². The number of anilines is 2. The van der Waals surface area contributed by atoms with Gasteiger partial charge in [-0.05, 0) is 34.8 Å². The maximum atomic E-state index is 9.69. The van der Waals surface area contributed by atoms with Crippen LogP contribution in [0.25, 0.3) is 5.65 Å². The lowest BCUT2D eigenvalue weighted by atomic mass is 9.85. The molecule has 1 aliphatic rings. The van der Waals surface area contributed by atoms with E-state index in [-0.39, 0.29) is 18.6 Å². The Morgan fingerprint density at radius 1 is 1.32 bits per heavy atom. The lowest BCUT2D eigenvalue weighted by Crippen LogP contribution is -2.34. The summed E-state index contributed by atoms with van der Waals surface area (Å²) >= 11 is 3.51. The standard InChI is InChI=1S/C19H24BrN6O2/c20-15-10-22-26-18(21-9-13-4-3-7-25(28)11-13)8-17(24-19(15)26)23-16-6-2-1-5-14(16)12-27/h3-4,7-8,10-11,14,16,21,27-28H,1-2,5-6,9,12H2,(H,23,24)/q+1/t14-,16-/m0/s1. The Kier molecular flexibility index (Phi) is 5.63. The number of nitrogens with zero attached hydrogens (tertiary/aromatic N) is 4. The van der Waals surface area contributed by atoms with Gasteiger partial charge in [-0.3, -0.25) is 5.21 Å². The van der Waals surface area contributed by atoms with Gasteiger partial charge < -0.3 is 15.7 Å². The van der Waals surface area contributed by atoms with Crippen LogP contribution in [-0.4, -0.2) is 37.6 Å². The molecule has 0 unspecified atom stereocenters. The highest BCUT2D eigenvalue weighted by Crippen LogP contribution is 2.28. The molecule has 4 rings (SSSR count). The summed E-state index contributed by atoms with van der Waals surface area (Å²) in [7, 11) is 0. The summed E-state index contributed by atoms with van der Waals surface area (Å²) in [6, 6.07) is 5.87. The van der Waals surface area contributed by atoms with Gasteiger partial charge in [0.15, 0.2) is 5.65 Å². The zero-order valence-electron chi connectivity index (χ0n) is 15.4. The number of hydrogen-bond donors (Lipinski definition) is 4. The predicted molar refractivity (Wildman–Crippen MR) is 108 cm³/mol. The molecule has 0 saturated heterocycles. The predicted octanol–water partition coefficient (Wildman–Crippen LogP) is 2.59. The number of hydrogen-bond acceptors (Lipinski definition) is 6. The van der Waals surface area contributed by atoms with Crippen LogP contribution in [0.4, 0.5) is 11.6 Å². The van der Waals surface area contributed by atoms with E-state index < -0.39 is 0 Å². The third-order valence-electron chi connectivity index (χ3n) is 5.23. The summed E-state index contributed by atoms with van der Waals surface area (Å²) in [4.78, 5) is 4.70. The summed E-state index contributed by atoms with van der Waals surface area (Å²) in [6.07, 6.45) is 9.33. The van der Waals surface area contributed by atoms with Crippen LogP contribution >= 0.6 is 15.9 Å². The molecule has 9 heteroatoms. The van der Waals surface area contributed by atoms with E-state index in [0.717, 1.165) is 45.7 Å². The molecule has 8 nitrogen and oxygen atoms in total. The summed E-state index contributed by atoms with van der Waals surface area (Å²) in [6.45, 7) is 0.719. The molecule has 3 aromatic heterocycles. The minimum atomic E-state index is 0.191. The fourth-order valence-electron chi connectivity index (χ4n) is 3.75. The van der Waals surface area contributed by atoms with Gasteiger partial charge in [0.2, 0.25) is 12.4 Å². The number of rotatable bonds is 6. The fourth-order valence-corrected chi connectivity index (χ4v) is 4.10. The highest BCUT2D eigenvalue weighted by molar-refractivity contribution is 9.10. The van der Waals surface area contributed by atoms with E-state index >= 15 is 0 Å². The van der Waals surface area contributed by atoms with Crippen molar-refractivity contribution < 1.29 is 15.0 Å². The lowest BCUT2D eigenvalue weighted by Gasteiger charge is -2.31. The van der Waals surface area contributed by atoms with E-state index in [0.29, 0.717) is 12.2 Å². The van der Waals surface area contributed by atoms with Crippen molar-refractivity contribution in [2.24, 2.45) is 5.92 Å². The number of aliphatic hydroxyl groups is 1. The molecule has 0 bridgehead atoms. The second-order valence-electron chi connectivity index (χ2n) is 7.18. The van der Waals surface area contributed by atoms with Crippen molar-refractivity contribution in [2.75, 3.05) is 17.2 Å². The topological polar surface area (TPSA) is 98.6 Å². The summed E-state index contributed by atoms with van der Waals surface area (Å²) in [5.74, 6) is 1.80. The normalized spacial score (nSPS) is 19.6. The van der Waals surface area contributed by atoms with Gasteiger partial charge in [-0.2, -0.15) is 9.61 Å². The first-order chi connectivity index (χ1) is 13.6. The van der Waals surface area contributed by atoms with Crippen molar-refractivity contribution in [1.29, 1.82) is 0 Å². The Labute approximate surface area is 171 Å². The molecular weight excluding hydrogens is 424 g/mol. The zero-order valence-corrected chi connectivity index (χ0v) is 17.0.